The lowest BCUT2D eigenvalue weighted by molar-refractivity contribution is -0.147. The van der Waals surface area contributed by atoms with Crippen molar-refractivity contribution in [2.45, 2.75) is 50.7 Å². The maximum atomic E-state index is 13.5. The van der Waals surface area contributed by atoms with E-state index >= 15 is 0 Å². The smallest absolute Gasteiger partial charge is 0.250 e. The molecule has 5 atom stereocenters. The van der Waals surface area contributed by atoms with Crippen molar-refractivity contribution in [3.8, 4) is 0 Å². The van der Waals surface area contributed by atoms with Crippen LogP contribution in [0.3, 0.4) is 0 Å². The molecule has 3 amide bonds. The highest BCUT2D eigenvalue weighted by molar-refractivity contribution is 9.10. The molecule has 3 fully saturated rings. The van der Waals surface area contributed by atoms with Crippen LogP contribution in [0, 0.1) is 11.8 Å². The molecule has 5 rings (SSSR count). The lowest BCUT2D eigenvalue weighted by Gasteiger charge is -2.37. The van der Waals surface area contributed by atoms with Gasteiger partial charge >= 0.3 is 0 Å². The standard InChI is InChI=1S/C20H22BrN3O3/c1-3-10(2)24-17(25)15-14-5-4-8-23(14)20(16(15)18(24)26)12-9-11(21)6-7-13(12)22-19(20)27/h6-7,9-10,14-16H,3-5,8H2,1-2H3,(H,22,27). The first-order valence-corrected chi connectivity index (χ1v) is 10.5. The summed E-state index contributed by atoms with van der Waals surface area (Å²) < 4.78 is 0.867. The molecule has 0 saturated carbocycles. The third kappa shape index (κ3) is 1.92. The molecule has 142 valence electrons. The Labute approximate surface area is 166 Å². The average molecular weight is 432 g/mol. The molecule has 4 aliphatic heterocycles. The van der Waals surface area contributed by atoms with Gasteiger partial charge in [0.05, 0.1) is 11.8 Å². The number of hydrogen-bond donors (Lipinski definition) is 1. The van der Waals surface area contributed by atoms with Crippen LogP contribution < -0.4 is 5.32 Å². The van der Waals surface area contributed by atoms with Crippen LogP contribution in [0.25, 0.3) is 0 Å². The zero-order valence-corrected chi connectivity index (χ0v) is 17.0. The minimum absolute atomic E-state index is 0.0452. The molecule has 27 heavy (non-hydrogen) atoms. The van der Waals surface area contributed by atoms with Crippen molar-refractivity contribution >= 4 is 39.3 Å². The molecule has 0 aliphatic carbocycles. The van der Waals surface area contributed by atoms with Crippen LogP contribution in [0.5, 0.6) is 0 Å². The van der Waals surface area contributed by atoms with Gasteiger partial charge in [-0.1, -0.05) is 22.9 Å². The third-order valence-corrected chi connectivity index (χ3v) is 7.51. The van der Waals surface area contributed by atoms with E-state index in [9.17, 15) is 14.4 Å². The minimum Gasteiger partial charge on any atom is -0.324 e. The van der Waals surface area contributed by atoms with Gasteiger partial charge in [-0.15, -0.1) is 0 Å². The molecule has 7 heteroatoms. The number of nitrogens with one attached hydrogen (secondary N) is 1. The molecular formula is C20H22BrN3O3. The number of hydrogen-bond acceptors (Lipinski definition) is 4. The largest absolute Gasteiger partial charge is 0.324 e. The van der Waals surface area contributed by atoms with Crippen molar-refractivity contribution in [3.63, 3.8) is 0 Å². The highest BCUT2D eigenvalue weighted by atomic mass is 79.9. The van der Waals surface area contributed by atoms with Crippen LogP contribution in [-0.2, 0) is 19.9 Å². The number of carbonyl (C=O) groups is 3. The Balaban J connectivity index is 1.74. The molecule has 0 aromatic heterocycles. The van der Waals surface area contributed by atoms with E-state index in [0.717, 1.165) is 35.1 Å². The first-order valence-electron chi connectivity index (χ1n) is 9.68. The average Bonchev–Trinajstić information content (AvgIpc) is 3.33. The highest BCUT2D eigenvalue weighted by Gasteiger charge is 2.74. The fourth-order valence-electron chi connectivity index (χ4n) is 5.81. The summed E-state index contributed by atoms with van der Waals surface area (Å²) in [4.78, 5) is 43.8. The summed E-state index contributed by atoms with van der Waals surface area (Å²) >= 11 is 3.51. The van der Waals surface area contributed by atoms with E-state index in [1.807, 2.05) is 32.0 Å². The van der Waals surface area contributed by atoms with E-state index < -0.39 is 17.4 Å². The van der Waals surface area contributed by atoms with Gasteiger partial charge in [0.2, 0.25) is 17.7 Å². The second-order valence-electron chi connectivity index (χ2n) is 8.12. The molecule has 0 bridgehead atoms. The van der Waals surface area contributed by atoms with E-state index in [-0.39, 0.29) is 29.8 Å². The number of imide groups is 1. The van der Waals surface area contributed by atoms with Crippen LogP contribution in [0.15, 0.2) is 22.7 Å². The Morgan fingerprint density at radius 3 is 2.81 bits per heavy atom. The zero-order valence-electron chi connectivity index (χ0n) is 15.4. The number of carbonyl (C=O) groups excluding carboxylic acids is 3. The quantitative estimate of drug-likeness (QED) is 0.730. The number of fused-ring (bicyclic) bond motifs is 7. The number of halogens is 1. The zero-order chi connectivity index (χ0) is 19.1. The van der Waals surface area contributed by atoms with Crippen molar-refractivity contribution in [2.24, 2.45) is 11.8 Å². The van der Waals surface area contributed by atoms with E-state index in [0.29, 0.717) is 6.42 Å². The summed E-state index contributed by atoms with van der Waals surface area (Å²) in [5.74, 6) is -1.51. The number of benzene rings is 1. The van der Waals surface area contributed by atoms with Gasteiger partial charge in [-0.05, 0) is 50.9 Å². The van der Waals surface area contributed by atoms with Crippen molar-refractivity contribution in [3.05, 3.63) is 28.2 Å². The Morgan fingerprint density at radius 2 is 2.07 bits per heavy atom. The molecule has 6 nitrogen and oxygen atoms in total. The van der Waals surface area contributed by atoms with Gasteiger partial charge in [0.1, 0.15) is 5.54 Å². The van der Waals surface area contributed by atoms with Crippen LogP contribution >= 0.6 is 15.9 Å². The highest BCUT2D eigenvalue weighted by Crippen LogP contribution is 2.60. The van der Waals surface area contributed by atoms with Gasteiger partial charge in [0, 0.05) is 27.8 Å². The maximum Gasteiger partial charge on any atom is 0.250 e. The van der Waals surface area contributed by atoms with Crippen LogP contribution in [0.4, 0.5) is 5.69 Å². The molecule has 4 heterocycles. The van der Waals surface area contributed by atoms with Crippen LogP contribution in [0.2, 0.25) is 0 Å². The first-order chi connectivity index (χ1) is 12.9. The molecule has 3 saturated heterocycles. The Morgan fingerprint density at radius 1 is 1.30 bits per heavy atom. The number of anilines is 1. The SMILES string of the molecule is CCC(C)N1C(=O)C2C3CCCN3C3(C(=O)Nc4ccc(Br)cc43)C2C1=O. The summed E-state index contributed by atoms with van der Waals surface area (Å²) in [6.45, 7) is 4.63. The second kappa shape index (κ2) is 5.64. The summed E-state index contributed by atoms with van der Waals surface area (Å²) in [6, 6.07) is 5.51. The number of nitrogens with zero attached hydrogens (tertiary/aromatic N) is 2. The predicted molar refractivity (Wildman–Crippen MR) is 103 cm³/mol. The van der Waals surface area contributed by atoms with E-state index in [2.05, 4.69) is 26.1 Å². The van der Waals surface area contributed by atoms with Gasteiger partial charge < -0.3 is 5.32 Å². The van der Waals surface area contributed by atoms with Gasteiger partial charge in [-0.3, -0.25) is 24.2 Å². The summed E-state index contributed by atoms with van der Waals surface area (Å²) in [5, 5.41) is 2.99. The van der Waals surface area contributed by atoms with Gasteiger partial charge in [-0.25, -0.2) is 0 Å². The fraction of sp³-hybridized carbons (Fsp3) is 0.550. The molecule has 1 N–H and O–H groups in total. The molecule has 4 aliphatic rings. The molecular weight excluding hydrogens is 410 g/mol. The lowest BCUT2D eigenvalue weighted by atomic mass is 9.75. The molecule has 0 radical (unpaired) electrons. The second-order valence-corrected chi connectivity index (χ2v) is 9.04. The predicted octanol–water partition coefficient (Wildman–Crippen LogP) is 2.47. The maximum absolute atomic E-state index is 13.5. The monoisotopic (exact) mass is 431 g/mol. The number of amides is 3. The molecule has 1 aromatic rings. The Hall–Kier alpha value is -1.73. The topological polar surface area (TPSA) is 69.7 Å². The van der Waals surface area contributed by atoms with Gasteiger partial charge in [0.15, 0.2) is 0 Å². The van der Waals surface area contributed by atoms with Crippen molar-refractivity contribution in [1.82, 2.24) is 9.80 Å². The van der Waals surface area contributed by atoms with E-state index in [4.69, 9.17) is 0 Å². The molecule has 1 spiro atoms. The van der Waals surface area contributed by atoms with Crippen LogP contribution in [-0.4, -0.2) is 46.1 Å². The first kappa shape index (κ1) is 17.4. The fourth-order valence-corrected chi connectivity index (χ4v) is 6.18. The minimum atomic E-state index is -1.07. The third-order valence-electron chi connectivity index (χ3n) is 7.02. The lowest BCUT2D eigenvalue weighted by Crippen LogP contribution is -2.54. The van der Waals surface area contributed by atoms with Crippen molar-refractivity contribution in [2.75, 3.05) is 11.9 Å². The number of likely N-dealkylation sites (tertiary alicyclic amines) is 1. The van der Waals surface area contributed by atoms with E-state index in [1.165, 1.54) is 4.90 Å². The molecule has 5 unspecified atom stereocenters. The Kier molecular flexibility index (Phi) is 3.63. The van der Waals surface area contributed by atoms with Gasteiger partial charge in [0.25, 0.3) is 0 Å². The van der Waals surface area contributed by atoms with Crippen molar-refractivity contribution < 1.29 is 14.4 Å². The normalized spacial score (nSPS) is 35.6. The van der Waals surface area contributed by atoms with Gasteiger partial charge in [-0.2, -0.15) is 0 Å². The van der Waals surface area contributed by atoms with Crippen LogP contribution in [0.1, 0.15) is 38.7 Å². The number of rotatable bonds is 2. The van der Waals surface area contributed by atoms with Crippen molar-refractivity contribution in [1.29, 1.82) is 0 Å². The summed E-state index contributed by atoms with van der Waals surface area (Å²) in [7, 11) is 0. The van der Waals surface area contributed by atoms with E-state index in [1.54, 1.807) is 0 Å². The summed E-state index contributed by atoms with van der Waals surface area (Å²) in [5.41, 5.74) is 0.505. The summed E-state index contributed by atoms with van der Waals surface area (Å²) in [6.07, 6.45) is 2.51. The molecule has 1 aromatic carbocycles. The Bertz CT molecular complexity index is 887.